The summed E-state index contributed by atoms with van der Waals surface area (Å²) in [4.78, 5) is 41.1. The summed E-state index contributed by atoms with van der Waals surface area (Å²) in [5, 5.41) is 9.43. The number of esters is 1. The van der Waals surface area contributed by atoms with Crippen molar-refractivity contribution in [3.63, 3.8) is 0 Å². The maximum atomic E-state index is 13.0. The summed E-state index contributed by atoms with van der Waals surface area (Å²) in [6.07, 6.45) is 4.14. The number of aryl methyl sites for hydroxylation is 1. The summed E-state index contributed by atoms with van der Waals surface area (Å²) in [5.41, 5.74) is 1.29. The van der Waals surface area contributed by atoms with Gasteiger partial charge in [0.1, 0.15) is 5.82 Å². The topological polar surface area (TPSA) is 123 Å². The van der Waals surface area contributed by atoms with Crippen LogP contribution in [0, 0.1) is 5.82 Å². The van der Waals surface area contributed by atoms with E-state index in [2.05, 4.69) is 20.8 Å². The standard InChI is InChI=1S/C25H25FN4O5/c26-17-11-9-16(10-12-17)24-29-22(35-30-24)13-14-23(32)34-15-21(31)28-20-8-4-3-7-19(20)25(33)27-18-5-1-2-6-18/h3-4,7-12,18H,1-2,5-6,13-15H2,(H,27,33)(H,28,31). The van der Waals surface area contributed by atoms with Gasteiger partial charge in [0.05, 0.1) is 17.7 Å². The number of nitrogens with one attached hydrogen (secondary N) is 2. The van der Waals surface area contributed by atoms with E-state index >= 15 is 0 Å². The minimum absolute atomic E-state index is 0.0707. The van der Waals surface area contributed by atoms with E-state index in [4.69, 9.17) is 9.26 Å². The number of ether oxygens (including phenoxy) is 1. The molecule has 2 amide bonds. The molecule has 10 heteroatoms. The molecule has 0 aliphatic heterocycles. The third kappa shape index (κ3) is 6.72. The van der Waals surface area contributed by atoms with Crippen LogP contribution in [-0.4, -0.2) is 40.6 Å². The van der Waals surface area contributed by atoms with Crippen molar-refractivity contribution in [2.75, 3.05) is 11.9 Å². The molecule has 2 aromatic carbocycles. The largest absolute Gasteiger partial charge is 0.456 e. The molecule has 182 valence electrons. The molecule has 4 rings (SSSR count). The lowest BCUT2D eigenvalue weighted by atomic mass is 10.1. The molecule has 0 radical (unpaired) electrons. The summed E-state index contributed by atoms with van der Waals surface area (Å²) in [6, 6.07) is 12.5. The zero-order chi connectivity index (χ0) is 24.6. The normalized spacial score (nSPS) is 13.4. The Hall–Kier alpha value is -4.08. The van der Waals surface area contributed by atoms with Crippen LogP contribution in [0.25, 0.3) is 11.4 Å². The first kappa shape index (κ1) is 24.1. The van der Waals surface area contributed by atoms with Gasteiger partial charge in [-0.15, -0.1) is 0 Å². The average molecular weight is 480 g/mol. The second-order valence-electron chi connectivity index (χ2n) is 8.23. The fraction of sp³-hybridized carbons (Fsp3) is 0.320. The highest BCUT2D eigenvalue weighted by Crippen LogP contribution is 2.20. The first-order valence-corrected chi connectivity index (χ1v) is 11.4. The molecule has 9 nitrogen and oxygen atoms in total. The minimum atomic E-state index is -0.617. The zero-order valence-electron chi connectivity index (χ0n) is 19.0. The third-order valence-corrected chi connectivity index (χ3v) is 5.61. The number of halogens is 1. The number of anilines is 1. The van der Waals surface area contributed by atoms with E-state index < -0.39 is 18.5 Å². The van der Waals surface area contributed by atoms with Crippen LogP contribution in [0.1, 0.15) is 48.4 Å². The molecule has 1 saturated carbocycles. The number of amides is 2. The Bertz CT molecular complexity index is 1190. The summed E-state index contributed by atoms with van der Waals surface area (Å²) in [7, 11) is 0. The molecule has 0 saturated heterocycles. The van der Waals surface area contributed by atoms with Crippen LogP contribution in [0.2, 0.25) is 0 Å². The Morgan fingerprint density at radius 1 is 1.06 bits per heavy atom. The summed E-state index contributed by atoms with van der Waals surface area (Å²) >= 11 is 0. The van der Waals surface area contributed by atoms with Gasteiger partial charge in [0, 0.05) is 18.0 Å². The van der Waals surface area contributed by atoms with Crippen LogP contribution in [0.4, 0.5) is 10.1 Å². The van der Waals surface area contributed by atoms with Gasteiger partial charge in [-0.3, -0.25) is 14.4 Å². The van der Waals surface area contributed by atoms with Crippen LogP contribution in [0.5, 0.6) is 0 Å². The molecule has 1 heterocycles. The number of para-hydroxylation sites is 1. The SMILES string of the molecule is O=C(COC(=O)CCc1nc(-c2ccc(F)cc2)no1)Nc1ccccc1C(=O)NC1CCCC1. The number of hydrogen-bond acceptors (Lipinski definition) is 7. The first-order chi connectivity index (χ1) is 17.0. The van der Waals surface area contributed by atoms with E-state index in [0.29, 0.717) is 16.8 Å². The molecule has 1 fully saturated rings. The van der Waals surface area contributed by atoms with Crippen molar-refractivity contribution in [1.82, 2.24) is 15.5 Å². The first-order valence-electron chi connectivity index (χ1n) is 11.4. The Morgan fingerprint density at radius 3 is 2.57 bits per heavy atom. The summed E-state index contributed by atoms with van der Waals surface area (Å²) in [5.74, 6) is -1.30. The second kappa shape index (κ2) is 11.4. The van der Waals surface area contributed by atoms with E-state index in [0.717, 1.165) is 25.7 Å². The number of carbonyl (C=O) groups excluding carboxylic acids is 3. The molecule has 0 unspecified atom stereocenters. The molecule has 0 atom stereocenters. The lowest BCUT2D eigenvalue weighted by Gasteiger charge is -2.15. The molecule has 2 N–H and O–H groups in total. The number of carbonyl (C=O) groups is 3. The highest BCUT2D eigenvalue weighted by atomic mass is 19.1. The number of aromatic nitrogens is 2. The molecule has 35 heavy (non-hydrogen) atoms. The van der Waals surface area contributed by atoms with Crippen LogP contribution in [-0.2, 0) is 20.7 Å². The number of hydrogen-bond donors (Lipinski definition) is 2. The van der Waals surface area contributed by atoms with E-state index in [1.807, 2.05) is 0 Å². The van der Waals surface area contributed by atoms with Crippen molar-refractivity contribution >= 4 is 23.5 Å². The predicted octanol–water partition coefficient (Wildman–Crippen LogP) is 3.66. The van der Waals surface area contributed by atoms with Gasteiger partial charge < -0.3 is 19.9 Å². The van der Waals surface area contributed by atoms with Crippen molar-refractivity contribution in [3.05, 3.63) is 65.8 Å². The minimum Gasteiger partial charge on any atom is -0.456 e. The van der Waals surface area contributed by atoms with Crippen molar-refractivity contribution in [2.24, 2.45) is 0 Å². The van der Waals surface area contributed by atoms with Crippen molar-refractivity contribution < 1.29 is 28.0 Å². The van der Waals surface area contributed by atoms with E-state index in [1.54, 1.807) is 24.3 Å². The Balaban J connectivity index is 1.23. The fourth-order valence-electron chi connectivity index (χ4n) is 3.81. The Morgan fingerprint density at radius 2 is 1.80 bits per heavy atom. The zero-order valence-corrected chi connectivity index (χ0v) is 19.0. The van der Waals surface area contributed by atoms with Crippen LogP contribution in [0.3, 0.4) is 0 Å². The van der Waals surface area contributed by atoms with Crippen LogP contribution in [0.15, 0.2) is 53.1 Å². The smallest absolute Gasteiger partial charge is 0.306 e. The monoisotopic (exact) mass is 480 g/mol. The van der Waals surface area contributed by atoms with Gasteiger partial charge in [0.25, 0.3) is 11.8 Å². The molecule has 1 aliphatic carbocycles. The van der Waals surface area contributed by atoms with Gasteiger partial charge in [0.15, 0.2) is 6.61 Å². The second-order valence-corrected chi connectivity index (χ2v) is 8.23. The highest BCUT2D eigenvalue weighted by Gasteiger charge is 2.20. The number of benzene rings is 2. The molecular weight excluding hydrogens is 455 g/mol. The third-order valence-electron chi connectivity index (χ3n) is 5.61. The Labute approximate surface area is 201 Å². The maximum Gasteiger partial charge on any atom is 0.306 e. The summed E-state index contributed by atoms with van der Waals surface area (Å²) < 4.78 is 23.2. The van der Waals surface area contributed by atoms with Crippen molar-refractivity contribution in [3.8, 4) is 11.4 Å². The molecule has 1 aliphatic rings. The lowest BCUT2D eigenvalue weighted by Crippen LogP contribution is -2.33. The average Bonchev–Trinajstić information content (AvgIpc) is 3.54. The van der Waals surface area contributed by atoms with Gasteiger partial charge in [0.2, 0.25) is 11.7 Å². The maximum absolute atomic E-state index is 13.0. The number of rotatable bonds is 9. The lowest BCUT2D eigenvalue weighted by molar-refractivity contribution is -0.147. The van der Waals surface area contributed by atoms with Gasteiger partial charge in [-0.25, -0.2) is 4.39 Å². The van der Waals surface area contributed by atoms with E-state index in [1.165, 1.54) is 24.3 Å². The molecule has 1 aromatic heterocycles. The van der Waals surface area contributed by atoms with Gasteiger partial charge in [-0.1, -0.05) is 30.1 Å². The molecular formula is C25H25FN4O5. The van der Waals surface area contributed by atoms with Crippen molar-refractivity contribution in [2.45, 2.75) is 44.6 Å². The Kier molecular flexibility index (Phi) is 7.81. The van der Waals surface area contributed by atoms with E-state index in [-0.39, 0.29) is 42.3 Å². The summed E-state index contributed by atoms with van der Waals surface area (Å²) in [6.45, 7) is -0.498. The quantitative estimate of drug-likeness (QED) is 0.448. The van der Waals surface area contributed by atoms with E-state index in [9.17, 15) is 18.8 Å². The van der Waals surface area contributed by atoms with Gasteiger partial charge in [-0.05, 0) is 49.2 Å². The highest BCUT2D eigenvalue weighted by molar-refractivity contribution is 6.04. The van der Waals surface area contributed by atoms with Gasteiger partial charge in [-0.2, -0.15) is 4.98 Å². The van der Waals surface area contributed by atoms with Crippen LogP contribution < -0.4 is 10.6 Å². The fourth-order valence-corrected chi connectivity index (χ4v) is 3.81. The van der Waals surface area contributed by atoms with Crippen LogP contribution >= 0.6 is 0 Å². The molecule has 3 aromatic rings. The van der Waals surface area contributed by atoms with Crippen molar-refractivity contribution in [1.29, 1.82) is 0 Å². The van der Waals surface area contributed by atoms with Gasteiger partial charge >= 0.3 is 5.97 Å². The predicted molar refractivity (Wildman–Crippen MR) is 124 cm³/mol. The molecule has 0 spiro atoms. The molecule has 0 bridgehead atoms. The number of nitrogens with zero attached hydrogens (tertiary/aromatic N) is 2.